The minimum atomic E-state index is 0.659. The summed E-state index contributed by atoms with van der Waals surface area (Å²) in [5, 5.41) is 8.51. The summed E-state index contributed by atoms with van der Waals surface area (Å²) >= 11 is 0. The van der Waals surface area contributed by atoms with E-state index in [1.807, 2.05) is 55.7 Å². The number of H-pyrrole nitrogens is 2. The minimum absolute atomic E-state index is 0.659. The van der Waals surface area contributed by atoms with Crippen molar-refractivity contribution in [3.05, 3.63) is 67.5 Å². The molecule has 0 saturated heterocycles. The molecule has 0 aromatic carbocycles. The van der Waals surface area contributed by atoms with Crippen LogP contribution < -0.4 is 4.90 Å². The Labute approximate surface area is 188 Å². The molecule has 6 aromatic rings. The number of pyridine rings is 4. The predicted molar refractivity (Wildman–Crippen MR) is 128 cm³/mol. The second-order valence-electron chi connectivity index (χ2n) is 7.90. The molecule has 9 nitrogen and oxygen atoms in total. The van der Waals surface area contributed by atoms with Gasteiger partial charge in [0.2, 0.25) is 0 Å². The van der Waals surface area contributed by atoms with Crippen molar-refractivity contribution in [2.75, 3.05) is 19.0 Å². The molecule has 0 aliphatic rings. The van der Waals surface area contributed by atoms with Gasteiger partial charge in [-0.25, -0.2) is 4.98 Å². The first-order chi connectivity index (χ1) is 16.2. The molecule has 0 spiro atoms. The zero-order valence-electron chi connectivity index (χ0n) is 18.0. The van der Waals surface area contributed by atoms with Crippen LogP contribution in [0.1, 0.15) is 0 Å². The van der Waals surface area contributed by atoms with Gasteiger partial charge in [0.15, 0.2) is 5.82 Å². The summed E-state index contributed by atoms with van der Waals surface area (Å²) in [5.41, 5.74) is 7.65. The molecule has 9 heteroatoms. The van der Waals surface area contributed by atoms with Crippen molar-refractivity contribution in [2.45, 2.75) is 0 Å². The van der Waals surface area contributed by atoms with Gasteiger partial charge in [0.25, 0.3) is 0 Å². The zero-order valence-corrected chi connectivity index (χ0v) is 18.0. The molecule has 0 aliphatic heterocycles. The van der Waals surface area contributed by atoms with Gasteiger partial charge in [-0.15, -0.1) is 0 Å². The fourth-order valence-corrected chi connectivity index (χ4v) is 3.83. The molecular weight excluding hydrogens is 414 g/mol. The summed E-state index contributed by atoms with van der Waals surface area (Å²) in [5.74, 6) is 0.659. The normalized spacial score (nSPS) is 11.3. The molecule has 0 aliphatic carbocycles. The molecule has 6 rings (SSSR count). The third-order valence-electron chi connectivity index (χ3n) is 5.54. The summed E-state index contributed by atoms with van der Waals surface area (Å²) in [6.07, 6.45) is 10.7. The molecule has 0 unspecified atom stereocenters. The van der Waals surface area contributed by atoms with Crippen molar-refractivity contribution in [3.63, 3.8) is 0 Å². The molecule has 0 bridgehead atoms. The number of imidazole rings is 1. The second kappa shape index (κ2) is 7.49. The molecule has 6 heterocycles. The van der Waals surface area contributed by atoms with Crippen molar-refractivity contribution in [2.24, 2.45) is 0 Å². The van der Waals surface area contributed by atoms with Gasteiger partial charge in [0, 0.05) is 55.4 Å². The lowest BCUT2D eigenvalue weighted by molar-refractivity contribution is 1.10. The second-order valence-corrected chi connectivity index (χ2v) is 7.90. The Morgan fingerprint density at radius 2 is 1.73 bits per heavy atom. The Balaban J connectivity index is 1.48. The van der Waals surface area contributed by atoms with Gasteiger partial charge in [0.1, 0.15) is 11.2 Å². The SMILES string of the molecule is CN(C)c1cncc(-c2cc3c(-c4nc5c(-c6cccnc6)nccc5[nH]4)n[nH]c3cn2)c1. The molecule has 0 saturated carbocycles. The number of fused-ring (bicyclic) bond motifs is 2. The summed E-state index contributed by atoms with van der Waals surface area (Å²) in [7, 11) is 3.98. The average Bonchev–Trinajstić information content (AvgIpc) is 3.48. The summed E-state index contributed by atoms with van der Waals surface area (Å²) in [4.78, 5) is 28.0. The lowest BCUT2D eigenvalue weighted by Crippen LogP contribution is -2.08. The number of hydrogen-bond acceptors (Lipinski definition) is 7. The highest BCUT2D eigenvalue weighted by Crippen LogP contribution is 2.31. The van der Waals surface area contributed by atoms with E-state index in [0.717, 1.165) is 55.8 Å². The van der Waals surface area contributed by atoms with Crippen LogP contribution in [-0.2, 0) is 0 Å². The van der Waals surface area contributed by atoms with Crippen molar-refractivity contribution >= 4 is 27.6 Å². The van der Waals surface area contributed by atoms with Crippen molar-refractivity contribution in [1.29, 1.82) is 0 Å². The average molecular weight is 433 g/mol. The number of hydrogen-bond donors (Lipinski definition) is 2. The minimum Gasteiger partial charge on any atom is -0.376 e. The molecule has 0 radical (unpaired) electrons. The van der Waals surface area contributed by atoms with Gasteiger partial charge in [-0.2, -0.15) is 5.10 Å². The van der Waals surface area contributed by atoms with E-state index in [4.69, 9.17) is 4.98 Å². The lowest BCUT2D eigenvalue weighted by Gasteiger charge is -2.12. The van der Waals surface area contributed by atoms with Gasteiger partial charge in [0.05, 0.1) is 40.5 Å². The molecule has 0 fully saturated rings. The third-order valence-corrected chi connectivity index (χ3v) is 5.54. The highest BCUT2D eigenvalue weighted by atomic mass is 15.1. The summed E-state index contributed by atoms with van der Waals surface area (Å²) in [6, 6.07) is 9.85. The van der Waals surface area contributed by atoms with E-state index in [1.54, 1.807) is 24.8 Å². The van der Waals surface area contributed by atoms with Crippen LogP contribution in [0, 0.1) is 0 Å². The number of rotatable bonds is 4. The van der Waals surface area contributed by atoms with E-state index in [1.165, 1.54) is 0 Å². The first kappa shape index (κ1) is 19.1. The van der Waals surface area contributed by atoms with Crippen LogP contribution in [0.4, 0.5) is 5.69 Å². The van der Waals surface area contributed by atoms with E-state index in [9.17, 15) is 0 Å². The first-order valence-corrected chi connectivity index (χ1v) is 10.4. The number of anilines is 1. The number of nitrogens with zero attached hydrogens (tertiary/aromatic N) is 7. The maximum absolute atomic E-state index is 4.85. The topological polar surface area (TPSA) is 112 Å². The van der Waals surface area contributed by atoms with E-state index >= 15 is 0 Å². The maximum Gasteiger partial charge on any atom is 0.159 e. The third kappa shape index (κ3) is 3.26. The number of aromatic nitrogens is 8. The quantitative estimate of drug-likeness (QED) is 0.431. The fourth-order valence-electron chi connectivity index (χ4n) is 3.83. The summed E-state index contributed by atoms with van der Waals surface area (Å²) < 4.78 is 0. The Morgan fingerprint density at radius 1 is 0.818 bits per heavy atom. The monoisotopic (exact) mass is 433 g/mol. The van der Waals surface area contributed by atoms with E-state index < -0.39 is 0 Å². The highest BCUT2D eigenvalue weighted by Gasteiger charge is 2.17. The fraction of sp³-hybridized carbons (Fsp3) is 0.0833. The zero-order chi connectivity index (χ0) is 22.4. The van der Waals surface area contributed by atoms with Crippen LogP contribution in [0.15, 0.2) is 67.5 Å². The largest absolute Gasteiger partial charge is 0.376 e. The molecule has 33 heavy (non-hydrogen) atoms. The maximum atomic E-state index is 4.85. The predicted octanol–water partition coefficient (Wildman–Crippen LogP) is 4.09. The van der Waals surface area contributed by atoms with Crippen LogP contribution >= 0.6 is 0 Å². The molecular formula is C24H19N9. The molecule has 0 atom stereocenters. The van der Waals surface area contributed by atoms with E-state index in [0.29, 0.717) is 5.82 Å². The first-order valence-electron chi connectivity index (χ1n) is 10.4. The van der Waals surface area contributed by atoms with Gasteiger partial charge in [-0.1, -0.05) is 0 Å². The Bertz CT molecular complexity index is 1600. The van der Waals surface area contributed by atoms with Crippen LogP contribution in [0.5, 0.6) is 0 Å². The Morgan fingerprint density at radius 3 is 2.58 bits per heavy atom. The molecule has 2 N–H and O–H groups in total. The van der Waals surface area contributed by atoms with Crippen molar-refractivity contribution in [3.8, 4) is 34.0 Å². The van der Waals surface area contributed by atoms with Gasteiger partial charge < -0.3 is 9.88 Å². The smallest absolute Gasteiger partial charge is 0.159 e. The lowest BCUT2D eigenvalue weighted by atomic mass is 10.1. The highest BCUT2D eigenvalue weighted by molar-refractivity contribution is 5.96. The van der Waals surface area contributed by atoms with Gasteiger partial charge in [-0.3, -0.25) is 25.0 Å². The molecule has 160 valence electrons. The number of aromatic amines is 2. The van der Waals surface area contributed by atoms with Crippen LogP contribution in [0.25, 0.3) is 56.0 Å². The molecule has 0 amide bonds. The van der Waals surface area contributed by atoms with E-state index in [-0.39, 0.29) is 0 Å². The van der Waals surface area contributed by atoms with Gasteiger partial charge >= 0.3 is 0 Å². The summed E-state index contributed by atoms with van der Waals surface area (Å²) in [6.45, 7) is 0. The van der Waals surface area contributed by atoms with Crippen LogP contribution in [0.2, 0.25) is 0 Å². The Kier molecular flexibility index (Phi) is 4.32. The van der Waals surface area contributed by atoms with Crippen LogP contribution in [0.3, 0.4) is 0 Å². The van der Waals surface area contributed by atoms with E-state index in [2.05, 4.69) is 41.2 Å². The van der Waals surface area contributed by atoms with Crippen LogP contribution in [-0.4, -0.2) is 54.2 Å². The van der Waals surface area contributed by atoms with Crippen molar-refractivity contribution < 1.29 is 0 Å². The Hall–Kier alpha value is -4.66. The standard InChI is InChI=1S/C24H19N9/c1-33(2)16-8-15(11-26-12-16)19-9-17-20(13-28-19)31-32-22(17)24-29-18-5-7-27-21(23(18)30-24)14-4-3-6-25-10-14/h3-13H,1-2H3,(H,29,30)(H,31,32). The number of nitrogens with one attached hydrogen (secondary N) is 2. The molecule has 6 aromatic heterocycles. The van der Waals surface area contributed by atoms with Gasteiger partial charge in [-0.05, 0) is 30.3 Å². The van der Waals surface area contributed by atoms with Crippen molar-refractivity contribution in [1.82, 2.24) is 40.1 Å².